The van der Waals surface area contributed by atoms with E-state index in [9.17, 15) is 9.90 Å². The van der Waals surface area contributed by atoms with Gasteiger partial charge in [-0.15, -0.1) is 11.3 Å². The summed E-state index contributed by atoms with van der Waals surface area (Å²) in [5.74, 6) is -0.0233. The lowest BCUT2D eigenvalue weighted by Crippen LogP contribution is -2.34. The summed E-state index contributed by atoms with van der Waals surface area (Å²) >= 11 is 6.54. The number of thiazole rings is 1. The number of aryl methyl sites for hydroxylation is 1. The quantitative estimate of drug-likeness (QED) is 0.702. The van der Waals surface area contributed by atoms with Crippen LogP contribution in [0.4, 0.5) is 0 Å². The number of benzene rings is 1. The lowest BCUT2D eigenvalue weighted by atomic mass is 9.92. The Morgan fingerprint density at radius 3 is 2.70 bits per heavy atom. The van der Waals surface area contributed by atoms with Crippen LogP contribution in [-0.2, 0) is 11.2 Å². The topological polar surface area (TPSA) is 65.1 Å². The van der Waals surface area contributed by atoms with Gasteiger partial charge in [0.15, 0.2) is 3.95 Å². The van der Waals surface area contributed by atoms with Gasteiger partial charge in [-0.05, 0) is 37.5 Å². The summed E-state index contributed by atoms with van der Waals surface area (Å²) in [5, 5.41) is 13.6. The largest absolute Gasteiger partial charge is 0.388 e. The standard InChI is InChI=1S/C17H20N2O2S2/c1-11-13(23-16(22)19-11)9-14(20)18-10-17(7-8-17)15(21)12-5-3-2-4-6-12/h2-6,15,21H,7-10H2,1H3,(H,18,20)(H,19,22)/t15-/m0/s1. The summed E-state index contributed by atoms with van der Waals surface area (Å²) in [6.45, 7) is 2.44. The van der Waals surface area contributed by atoms with Crippen molar-refractivity contribution in [2.45, 2.75) is 32.3 Å². The number of aromatic amines is 1. The number of nitrogens with one attached hydrogen (secondary N) is 2. The third kappa shape index (κ3) is 3.71. The van der Waals surface area contributed by atoms with Crippen molar-refractivity contribution < 1.29 is 9.90 Å². The summed E-state index contributed by atoms with van der Waals surface area (Å²) < 4.78 is 0.698. The molecule has 4 nitrogen and oxygen atoms in total. The lowest BCUT2D eigenvalue weighted by Gasteiger charge is -2.23. The Bertz CT molecular complexity index is 747. The molecule has 0 unspecified atom stereocenters. The normalized spacial score (nSPS) is 16.8. The number of aliphatic hydroxyl groups is 1. The maximum atomic E-state index is 12.2. The summed E-state index contributed by atoms with van der Waals surface area (Å²) in [6, 6.07) is 9.65. The van der Waals surface area contributed by atoms with Crippen LogP contribution in [0.5, 0.6) is 0 Å². The van der Waals surface area contributed by atoms with E-state index in [0.717, 1.165) is 29.0 Å². The number of H-pyrrole nitrogens is 1. The van der Waals surface area contributed by atoms with Gasteiger partial charge in [-0.25, -0.2) is 0 Å². The van der Waals surface area contributed by atoms with Crippen LogP contribution in [-0.4, -0.2) is 22.5 Å². The smallest absolute Gasteiger partial charge is 0.225 e. The van der Waals surface area contributed by atoms with Crippen molar-refractivity contribution in [1.82, 2.24) is 10.3 Å². The first-order valence-electron chi connectivity index (χ1n) is 7.68. The van der Waals surface area contributed by atoms with Gasteiger partial charge in [0.1, 0.15) is 0 Å². The second kappa shape index (κ2) is 6.55. The van der Waals surface area contributed by atoms with Crippen LogP contribution in [0.25, 0.3) is 0 Å². The molecule has 3 N–H and O–H groups in total. The first kappa shape index (κ1) is 16.4. The molecule has 23 heavy (non-hydrogen) atoms. The Morgan fingerprint density at radius 2 is 2.13 bits per heavy atom. The minimum Gasteiger partial charge on any atom is -0.388 e. The first-order chi connectivity index (χ1) is 11.0. The summed E-state index contributed by atoms with van der Waals surface area (Å²) in [4.78, 5) is 16.2. The van der Waals surface area contributed by atoms with Crippen molar-refractivity contribution in [3.05, 3.63) is 50.4 Å². The Kier molecular flexibility index (Phi) is 4.66. The third-order valence-electron chi connectivity index (χ3n) is 4.47. The molecule has 1 aromatic heterocycles. The molecule has 1 amide bonds. The van der Waals surface area contributed by atoms with Crippen molar-refractivity contribution in [3.8, 4) is 0 Å². The van der Waals surface area contributed by atoms with E-state index >= 15 is 0 Å². The van der Waals surface area contributed by atoms with Gasteiger partial charge in [-0.3, -0.25) is 4.79 Å². The fourth-order valence-electron chi connectivity index (χ4n) is 2.78. The SMILES string of the molecule is Cc1[nH]c(=S)sc1CC(=O)NCC1([C@@H](O)c2ccccc2)CC1. The molecule has 1 aromatic carbocycles. The molecule has 1 atom stereocenters. The third-order valence-corrected chi connectivity index (χ3v) is 5.81. The highest BCUT2D eigenvalue weighted by atomic mass is 32.1. The monoisotopic (exact) mass is 348 g/mol. The van der Waals surface area contributed by atoms with E-state index in [1.54, 1.807) is 0 Å². The molecule has 1 heterocycles. The zero-order chi connectivity index (χ0) is 16.4. The molecule has 3 rings (SSSR count). The van der Waals surface area contributed by atoms with Gasteiger partial charge in [0.2, 0.25) is 5.91 Å². The molecule has 1 aliphatic carbocycles. The minimum absolute atomic E-state index is 0.0233. The molecule has 0 bridgehead atoms. The molecule has 0 aliphatic heterocycles. The maximum absolute atomic E-state index is 12.2. The van der Waals surface area contributed by atoms with E-state index in [1.165, 1.54) is 11.3 Å². The van der Waals surface area contributed by atoms with Gasteiger partial charge in [0, 0.05) is 22.5 Å². The van der Waals surface area contributed by atoms with E-state index in [-0.39, 0.29) is 11.3 Å². The van der Waals surface area contributed by atoms with Crippen LogP contribution < -0.4 is 5.32 Å². The van der Waals surface area contributed by atoms with Crippen molar-refractivity contribution >= 4 is 29.5 Å². The second-order valence-corrected chi connectivity index (χ2v) is 7.96. The van der Waals surface area contributed by atoms with Crippen LogP contribution in [0.2, 0.25) is 0 Å². The Labute approximate surface area is 144 Å². The molecular weight excluding hydrogens is 328 g/mol. The van der Waals surface area contributed by atoms with E-state index in [4.69, 9.17) is 12.2 Å². The van der Waals surface area contributed by atoms with Gasteiger partial charge in [-0.2, -0.15) is 0 Å². The molecular formula is C17H20N2O2S2. The average molecular weight is 348 g/mol. The second-order valence-electron chi connectivity index (χ2n) is 6.19. The highest BCUT2D eigenvalue weighted by Crippen LogP contribution is 2.54. The number of hydrogen-bond donors (Lipinski definition) is 3. The number of aliphatic hydroxyl groups excluding tert-OH is 1. The maximum Gasteiger partial charge on any atom is 0.225 e. The van der Waals surface area contributed by atoms with E-state index in [0.29, 0.717) is 16.9 Å². The molecule has 1 fully saturated rings. The molecule has 0 radical (unpaired) electrons. The van der Waals surface area contributed by atoms with E-state index < -0.39 is 6.10 Å². The van der Waals surface area contributed by atoms with Crippen LogP contribution in [0.3, 0.4) is 0 Å². The summed E-state index contributed by atoms with van der Waals surface area (Å²) in [7, 11) is 0. The molecule has 0 saturated heterocycles. The van der Waals surface area contributed by atoms with Gasteiger partial charge < -0.3 is 15.4 Å². The number of amides is 1. The zero-order valence-corrected chi connectivity index (χ0v) is 14.6. The van der Waals surface area contributed by atoms with Gasteiger partial charge in [0.25, 0.3) is 0 Å². The fraction of sp³-hybridized carbons (Fsp3) is 0.412. The number of hydrogen-bond acceptors (Lipinski definition) is 4. The number of carbonyl (C=O) groups excluding carboxylic acids is 1. The van der Waals surface area contributed by atoms with Crippen molar-refractivity contribution in [3.63, 3.8) is 0 Å². The Hall–Kier alpha value is -1.50. The molecule has 0 spiro atoms. The minimum atomic E-state index is -0.528. The first-order valence-corrected chi connectivity index (χ1v) is 8.91. The average Bonchev–Trinajstić information content (AvgIpc) is 3.27. The predicted octanol–water partition coefficient (Wildman–Crippen LogP) is 3.29. The van der Waals surface area contributed by atoms with E-state index in [1.807, 2.05) is 37.3 Å². The van der Waals surface area contributed by atoms with Crippen molar-refractivity contribution in [2.75, 3.05) is 6.54 Å². The van der Waals surface area contributed by atoms with E-state index in [2.05, 4.69) is 10.3 Å². The number of rotatable bonds is 6. The highest BCUT2D eigenvalue weighted by molar-refractivity contribution is 7.73. The van der Waals surface area contributed by atoms with Crippen LogP contribution in [0.1, 0.15) is 35.1 Å². The molecule has 2 aromatic rings. The summed E-state index contributed by atoms with van der Waals surface area (Å²) in [6.07, 6.45) is 1.68. The number of carbonyl (C=O) groups is 1. The fourth-order valence-corrected chi connectivity index (χ4v) is 4.07. The number of aromatic nitrogens is 1. The predicted molar refractivity (Wildman–Crippen MR) is 94.0 cm³/mol. The molecule has 6 heteroatoms. The van der Waals surface area contributed by atoms with Crippen LogP contribution >= 0.6 is 23.6 Å². The van der Waals surface area contributed by atoms with Crippen molar-refractivity contribution in [2.24, 2.45) is 5.41 Å². The molecule has 122 valence electrons. The van der Waals surface area contributed by atoms with Crippen LogP contribution in [0, 0.1) is 16.3 Å². The van der Waals surface area contributed by atoms with Crippen LogP contribution in [0.15, 0.2) is 30.3 Å². The van der Waals surface area contributed by atoms with Crippen molar-refractivity contribution in [1.29, 1.82) is 0 Å². The Morgan fingerprint density at radius 1 is 1.43 bits per heavy atom. The molecule has 1 aliphatic rings. The van der Waals surface area contributed by atoms with Gasteiger partial charge in [0.05, 0.1) is 12.5 Å². The Balaban J connectivity index is 1.58. The molecule has 1 saturated carbocycles. The summed E-state index contributed by atoms with van der Waals surface area (Å²) in [5.41, 5.74) is 1.66. The zero-order valence-electron chi connectivity index (χ0n) is 13.0. The van der Waals surface area contributed by atoms with Gasteiger partial charge >= 0.3 is 0 Å². The lowest BCUT2D eigenvalue weighted by molar-refractivity contribution is -0.120. The highest BCUT2D eigenvalue weighted by Gasteiger charge is 2.49. The van der Waals surface area contributed by atoms with Gasteiger partial charge in [-0.1, -0.05) is 30.3 Å².